The van der Waals surface area contributed by atoms with Gasteiger partial charge in [0.05, 0.1) is 14.2 Å². The first-order valence-electron chi connectivity index (χ1n) is 15.6. The molecule has 2 heterocycles. The summed E-state index contributed by atoms with van der Waals surface area (Å²) in [5, 5.41) is 0. The van der Waals surface area contributed by atoms with Crippen LogP contribution in [0.2, 0.25) is 0 Å². The van der Waals surface area contributed by atoms with Gasteiger partial charge in [0.25, 0.3) is 0 Å². The minimum Gasteiger partial charge on any atom is -0.461 e. The molecule has 1 fully saturated rings. The van der Waals surface area contributed by atoms with E-state index in [4.69, 9.17) is 29.0 Å². The molecule has 3 aliphatic rings. The van der Waals surface area contributed by atoms with Gasteiger partial charge in [-0.1, -0.05) is 114 Å². The molecule has 7 nitrogen and oxygen atoms in total. The second-order valence-electron chi connectivity index (χ2n) is 13.7. The third-order valence-corrected chi connectivity index (χ3v) is 8.09. The molecular formula is C39H44O7. The van der Waals surface area contributed by atoms with Gasteiger partial charge in [-0.25, -0.2) is 19.6 Å². The smallest absolute Gasteiger partial charge is 0.181 e. The van der Waals surface area contributed by atoms with E-state index in [0.717, 1.165) is 39.6 Å². The molecule has 0 spiro atoms. The van der Waals surface area contributed by atoms with E-state index in [0.29, 0.717) is 5.76 Å². The predicted molar refractivity (Wildman–Crippen MR) is 178 cm³/mol. The highest BCUT2D eigenvalue weighted by Crippen LogP contribution is 2.42. The van der Waals surface area contributed by atoms with Crippen molar-refractivity contribution in [2.45, 2.75) is 53.8 Å². The maximum atomic E-state index is 14.1. The van der Waals surface area contributed by atoms with Crippen molar-refractivity contribution in [1.82, 2.24) is 0 Å². The van der Waals surface area contributed by atoms with E-state index in [1.807, 2.05) is 91.0 Å². The summed E-state index contributed by atoms with van der Waals surface area (Å²) in [5.41, 5.74) is 3.10. The molecule has 0 amide bonds. The van der Waals surface area contributed by atoms with Crippen LogP contribution in [-0.2, 0) is 33.8 Å². The fourth-order valence-corrected chi connectivity index (χ4v) is 5.66. The molecule has 4 unspecified atom stereocenters. The SMILES string of the molecule is COOC1C(=O)C(C=C2C=C(c3ccccc3)OC(C(C)(C)C)=C2)C(C=C2C=C(c3ccccc3)OC(C(C)(C)C)=C2)C1OOC. The lowest BCUT2D eigenvalue weighted by Crippen LogP contribution is -2.33. The number of hydrogen-bond acceptors (Lipinski definition) is 7. The van der Waals surface area contributed by atoms with Crippen LogP contribution in [0.4, 0.5) is 0 Å². The van der Waals surface area contributed by atoms with Crippen molar-refractivity contribution in [2.75, 3.05) is 14.2 Å². The van der Waals surface area contributed by atoms with E-state index in [9.17, 15) is 4.79 Å². The van der Waals surface area contributed by atoms with Gasteiger partial charge in [0.15, 0.2) is 11.9 Å². The minimum atomic E-state index is -1.01. The van der Waals surface area contributed by atoms with Crippen LogP contribution in [0.3, 0.4) is 0 Å². The first-order chi connectivity index (χ1) is 21.9. The molecule has 0 aromatic heterocycles. The van der Waals surface area contributed by atoms with Crippen molar-refractivity contribution in [2.24, 2.45) is 22.7 Å². The summed E-state index contributed by atoms with van der Waals surface area (Å²) < 4.78 is 12.8. The van der Waals surface area contributed by atoms with Gasteiger partial charge in [0.2, 0.25) is 0 Å². The molecule has 242 valence electrons. The van der Waals surface area contributed by atoms with Crippen molar-refractivity contribution in [1.29, 1.82) is 0 Å². The molecule has 4 atom stereocenters. The Morgan fingerprint density at radius 2 is 1.09 bits per heavy atom. The summed E-state index contributed by atoms with van der Waals surface area (Å²) in [4.78, 5) is 35.6. The Morgan fingerprint density at radius 3 is 1.52 bits per heavy atom. The number of hydrogen-bond donors (Lipinski definition) is 0. The quantitative estimate of drug-likeness (QED) is 0.215. The molecule has 0 bridgehead atoms. The van der Waals surface area contributed by atoms with Crippen molar-refractivity contribution in [3.8, 4) is 0 Å². The molecular weight excluding hydrogens is 580 g/mol. The lowest BCUT2D eigenvalue weighted by molar-refractivity contribution is -0.365. The van der Waals surface area contributed by atoms with Crippen molar-refractivity contribution in [3.63, 3.8) is 0 Å². The Bertz CT molecular complexity index is 1590. The van der Waals surface area contributed by atoms with Crippen LogP contribution >= 0.6 is 0 Å². The number of carbonyl (C=O) groups excluding carboxylic acids is 1. The molecule has 1 saturated carbocycles. The Morgan fingerprint density at radius 1 is 0.630 bits per heavy atom. The number of benzene rings is 2. The lowest BCUT2D eigenvalue weighted by atomic mass is 9.86. The van der Waals surface area contributed by atoms with E-state index in [1.165, 1.54) is 14.2 Å². The Balaban J connectivity index is 1.65. The molecule has 0 saturated heterocycles. The Kier molecular flexibility index (Phi) is 9.99. The Hall–Kier alpha value is -4.01. The van der Waals surface area contributed by atoms with Gasteiger partial charge in [0, 0.05) is 33.8 Å². The maximum absolute atomic E-state index is 14.1. The van der Waals surface area contributed by atoms with Crippen LogP contribution in [0.25, 0.3) is 11.5 Å². The van der Waals surface area contributed by atoms with Crippen LogP contribution in [0.5, 0.6) is 0 Å². The summed E-state index contributed by atoms with van der Waals surface area (Å²) in [6.45, 7) is 12.6. The van der Waals surface area contributed by atoms with E-state index in [1.54, 1.807) is 0 Å². The summed E-state index contributed by atoms with van der Waals surface area (Å²) in [5.74, 6) is 1.77. The molecule has 2 aromatic carbocycles. The van der Waals surface area contributed by atoms with E-state index in [2.05, 4.69) is 47.6 Å². The van der Waals surface area contributed by atoms with Crippen molar-refractivity contribution in [3.05, 3.63) is 131 Å². The zero-order valence-electron chi connectivity index (χ0n) is 27.9. The molecule has 2 aromatic rings. The molecule has 2 aliphatic heterocycles. The second-order valence-corrected chi connectivity index (χ2v) is 13.7. The van der Waals surface area contributed by atoms with Gasteiger partial charge in [-0.05, 0) is 35.5 Å². The monoisotopic (exact) mass is 624 g/mol. The molecule has 46 heavy (non-hydrogen) atoms. The Labute approximate surface area is 272 Å². The van der Waals surface area contributed by atoms with Gasteiger partial charge >= 0.3 is 0 Å². The third-order valence-electron chi connectivity index (χ3n) is 8.09. The van der Waals surface area contributed by atoms with Gasteiger partial charge in [-0.3, -0.25) is 4.79 Å². The van der Waals surface area contributed by atoms with Gasteiger partial charge in [0.1, 0.15) is 29.1 Å². The standard InChI is InChI=1S/C39H44O7/c1-38(2,3)33-23-25(21-31(43-33)27-15-11-9-12-16-27)19-29-30(36(45-41-7)37(35(29)40)46-42-8)20-26-22-32(28-17-13-10-14-18-28)44-34(24-26)39(4,5)6/h9-24,29-30,36-37H,1-8H3. The summed E-state index contributed by atoms with van der Waals surface area (Å²) >= 11 is 0. The highest BCUT2D eigenvalue weighted by Gasteiger charge is 2.52. The number of carbonyl (C=O) groups is 1. The number of Topliss-reactive ketones (excluding diaryl/α,β-unsaturated/α-hetero) is 1. The van der Waals surface area contributed by atoms with E-state index >= 15 is 0 Å². The third kappa shape index (κ3) is 7.51. The molecule has 7 heteroatoms. The van der Waals surface area contributed by atoms with Crippen LogP contribution in [0.15, 0.2) is 120 Å². The predicted octanol–water partition coefficient (Wildman–Crippen LogP) is 8.55. The van der Waals surface area contributed by atoms with Gasteiger partial charge in [-0.2, -0.15) is 0 Å². The van der Waals surface area contributed by atoms with Crippen LogP contribution in [0, 0.1) is 22.7 Å². The zero-order valence-corrected chi connectivity index (χ0v) is 27.9. The first kappa shape index (κ1) is 33.4. The highest BCUT2D eigenvalue weighted by atomic mass is 17.2. The van der Waals surface area contributed by atoms with Crippen molar-refractivity contribution < 1.29 is 33.8 Å². The molecule has 0 radical (unpaired) electrons. The largest absolute Gasteiger partial charge is 0.461 e. The number of allylic oxidation sites excluding steroid dienone is 9. The average Bonchev–Trinajstić information content (AvgIpc) is 3.26. The minimum absolute atomic E-state index is 0.176. The summed E-state index contributed by atoms with van der Waals surface area (Å²) in [6, 6.07) is 19.9. The van der Waals surface area contributed by atoms with E-state index in [-0.39, 0.29) is 16.6 Å². The fraction of sp³-hybridized carbons (Fsp3) is 0.359. The van der Waals surface area contributed by atoms with Crippen LogP contribution in [0.1, 0.15) is 52.7 Å². The van der Waals surface area contributed by atoms with Gasteiger partial charge in [-0.15, -0.1) is 0 Å². The molecule has 1 aliphatic carbocycles. The first-order valence-corrected chi connectivity index (χ1v) is 15.6. The molecule has 0 N–H and O–H groups in total. The van der Waals surface area contributed by atoms with Crippen LogP contribution in [-0.4, -0.2) is 32.2 Å². The number of ether oxygens (including phenoxy) is 2. The zero-order chi connectivity index (χ0) is 33.1. The average molecular weight is 625 g/mol. The normalized spacial score (nSPS) is 25.4. The number of rotatable bonds is 8. The van der Waals surface area contributed by atoms with Crippen LogP contribution < -0.4 is 0 Å². The summed E-state index contributed by atoms with van der Waals surface area (Å²) in [7, 11) is 2.81. The topological polar surface area (TPSA) is 72.5 Å². The number of ketones is 1. The van der Waals surface area contributed by atoms with E-state index < -0.39 is 24.0 Å². The lowest BCUT2D eigenvalue weighted by Gasteiger charge is -2.29. The van der Waals surface area contributed by atoms with Crippen molar-refractivity contribution >= 4 is 17.3 Å². The highest BCUT2D eigenvalue weighted by molar-refractivity contribution is 5.91. The second kappa shape index (κ2) is 13.8. The van der Waals surface area contributed by atoms with Gasteiger partial charge < -0.3 is 9.47 Å². The maximum Gasteiger partial charge on any atom is 0.181 e. The molecule has 5 rings (SSSR count). The summed E-state index contributed by atoms with van der Waals surface area (Å²) in [6.07, 6.45) is 10.2. The fourth-order valence-electron chi connectivity index (χ4n) is 5.66.